The molecule has 0 aliphatic heterocycles. The third-order valence-electron chi connectivity index (χ3n) is 3.48. The number of nitrogens with two attached hydrogens (primary N) is 2. The lowest BCUT2D eigenvalue weighted by atomic mass is 10.0. The normalized spacial score (nSPS) is 11.2. The molecule has 0 saturated heterocycles. The molecule has 0 aliphatic carbocycles. The molecule has 0 spiro atoms. The first kappa shape index (κ1) is 20.0. The van der Waals surface area contributed by atoms with Gasteiger partial charge in [0.05, 0.1) is 0 Å². The van der Waals surface area contributed by atoms with Gasteiger partial charge in [0, 0.05) is 16.7 Å². The standard InChI is InChI=1S/C18H17N3O5S/c1-10(17(23)26-18(24)21-20)25-14-4-2-3-13(9-14)15(22)11-5-7-12(8-6-11)16(19)27/h2-10H,20H2,1H3,(H2,19,27)(H,21,24). The summed E-state index contributed by atoms with van der Waals surface area (Å²) < 4.78 is 9.80. The Hall–Kier alpha value is -3.30. The van der Waals surface area contributed by atoms with Crippen molar-refractivity contribution in [2.24, 2.45) is 11.6 Å². The number of hydrazine groups is 1. The van der Waals surface area contributed by atoms with E-state index in [-0.39, 0.29) is 16.5 Å². The number of rotatable bonds is 6. The van der Waals surface area contributed by atoms with Crippen molar-refractivity contribution in [3.05, 3.63) is 65.2 Å². The van der Waals surface area contributed by atoms with Crippen LogP contribution < -0.4 is 21.7 Å². The number of ketones is 1. The maximum atomic E-state index is 12.6. The summed E-state index contributed by atoms with van der Waals surface area (Å²) >= 11 is 4.88. The van der Waals surface area contributed by atoms with Crippen molar-refractivity contribution in [2.75, 3.05) is 0 Å². The molecule has 27 heavy (non-hydrogen) atoms. The molecule has 2 aromatic rings. The smallest absolute Gasteiger partial charge is 0.429 e. The van der Waals surface area contributed by atoms with Crippen molar-refractivity contribution in [3.63, 3.8) is 0 Å². The van der Waals surface area contributed by atoms with E-state index in [0.29, 0.717) is 16.7 Å². The molecule has 0 saturated carbocycles. The fraction of sp³-hybridized carbons (Fsp3) is 0.111. The lowest BCUT2D eigenvalue weighted by molar-refractivity contribution is -0.144. The lowest BCUT2D eigenvalue weighted by Gasteiger charge is -2.13. The minimum absolute atomic E-state index is 0.243. The Morgan fingerprint density at radius 1 is 1.04 bits per heavy atom. The fourth-order valence-corrected chi connectivity index (χ4v) is 2.26. The Morgan fingerprint density at radius 2 is 1.67 bits per heavy atom. The Bertz CT molecular complexity index is 883. The van der Waals surface area contributed by atoms with Crippen LogP contribution in [0.4, 0.5) is 4.79 Å². The van der Waals surface area contributed by atoms with Gasteiger partial charge in [-0.15, -0.1) is 0 Å². The van der Waals surface area contributed by atoms with Crippen molar-refractivity contribution in [2.45, 2.75) is 13.0 Å². The van der Waals surface area contributed by atoms with Gasteiger partial charge in [-0.25, -0.2) is 15.4 Å². The Labute approximate surface area is 160 Å². The zero-order valence-corrected chi connectivity index (χ0v) is 15.1. The first-order valence-corrected chi connectivity index (χ1v) is 8.16. The van der Waals surface area contributed by atoms with Gasteiger partial charge in [-0.1, -0.05) is 48.6 Å². The van der Waals surface area contributed by atoms with E-state index in [4.69, 9.17) is 28.5 Å². The SMILES string of the molecule is CC(Oc1cccc(C(=O)c2ccc(C(N)=S)cc2)c1)C(=O)OC(=O)NN. The molecule has 1 atom stereocenters. The molecule has 0 fully saturated rings. The van der Waals surface area contributed by atoms with Crippen LogP contribution in [0.1, 0.15) is 28.4 Å². The number of esters is 1. The molecule has 8 nitrogen and oxygen atoms in total. The van der Waals surface area contributed by atoms with E-state index in [1.165, 1.54) is 13.0 Å². The van der Waals surface area contributed by atoms with E-state index >= 15 is 0 Å². The molecule has 1 amide bonds. The second-order valence-electron chi connectivity index (χ2n) is 5.41. The van der Waals surface area contributed by atoms with E-state index in [1.807, 2.05) is 0 Å². The summed E-state index contributed by atoms with van der Waals surface area (Å²) in [6, 6.07) is 12.8. The van der Waals surface area contributed by atoms with Crippen LogP contribution in [-0.4, -0.2) is 28.9 Å². The number of nitrogens with one attached hydrogen (secondary N) is 1. The summed E-state index contributed by atoms with van der Waals surface area (Å²) in [6.45, 7) is 1.40. The Kier molecular flexibility index (Phi) is 6.58. The van der Waals surface area contributed by atoms with Crippen LogP contribution in [0, 0.1) is 0 Å². The van der Waals surface area contributed by atoms with E-state index in [0.717, 1.165) is 0 Å². The molecular weight excluding hydrogens is 370 g/mol. The van der Waals surface area contributed by atoms with E-state index in [1.54, 1.807) is 47.9 Å². The van der Waals surface area contributed by atoms with Crippen molar-refractivity contribution in [1.82, 2.24) is 5.43 Å². The highest BCUT2D eigenvalue weighted by molar-refractivity contribution is 7.80. The van der Waals surface area contributed by atoms with Gasteiger partial charge >= 0.3 is 12.1 Å². The number of thiocarbonyl (C=S) groups is 1. The predicted molar refractivity (Wildman–Crippen MR) is 101 cm³/mol. The molecule has 5 N–H and O–H groups in total. The highest BCUT2D eigenvalue weighted by atomic mass is 32.1. The second kappa shape index (κ2) is 8.88. The molecule has 2 rings (SSSR count). The third kappa shape index (κ3) is 5.33. The summed E-state index contributed by atoms with van der Waals surface area (Å²) in [5.41, 5.74) is 8.67. The zero-order chi connectivity index (χ0) is 20.0. The number of benzene rings is 2. The molecule has 0 aliphatic rings. The van der Waals surface area contributed by atoms with Gasteiger partial charge in [0.1, 0.15) is 10.7 Å². The summed E-state index contributed by atoms with van der Waals surface area (Å²) in [6.07, 6.45) is -2.18. The van der Waals surface area contributed by atoms with Gasteiger partial charge in [0.25, 0.3) is 0 Å². The summed E-state index contributed by atoms with van der Waals surface area (Å²) in [5, 5.41) is 0. The highest BCUT2D eigenvalue weighted by Gasteiger charge is 2.20. The average Bonchev–Trinajstić information content (AvgIpc) is 2.67. The highest BCUT2D eigenvalue weighted by Crippen LogP contribution is 2.18. The van der Waals surface area contributed by atoms with Crippen LogP contribution in [-0.2, 0) is 9.53 Å². The van der Waals surface area contributed by atoms with Gasteiger partial charge in [0.15, 0.2) is 11.9 Å². The summed E-state index contributed by atoms with van der Waals surface area (Å²) in [4.78, 5) is 35.5. The topological polar surface area (TPSA) is 134 Å². The first-order chi connectivity index (χ1) is 12.8. The molecule has 0 bridgehead atoms. The van der Waals surface area contributed by atoms with Gasteiger partial charge in [-0.2, -0.15) is 0 Å². The lowest BCUT2D eigenvalue weighted by Crippen LogP contribution is -2.36. The number of hydrogen-bond acceptors (Lipinski definition) is 7. The zero-order valence-electron chi connectivity index (χ0n) is 14.3. The first-order valence-electron chi connectivity index (χ1n) is 7.75. The van der Waals surface area contributed by atoms with Gasteiger partial charge in [0.2, 0.25) is 0 Å². The number of amides is 1. The minimum Gasteiger partial charge on any atom is -0.479 e. The van der Waals surface area contributed by atoms with Crippen molar-refractivity contribution in [3.8, 4) is 5.75 Å². The van der Waals surface area contributed by atoms with E-state index in [9.17, 15) is 14.4 Å². The Morgan fingerprint density at radius 3 is 2.26 bits per heavy atom. The maximum Gasteiger partial charge on any atom is 0.429 e. The fourth-order valence-electron chi connectivity index (χ4n) is 2.12. The van der Waals surface area contributed by atoms with Crippen LogP contribution in [0.15, 0.2) is 48.5 Å². The van der Waals surface area contributed by atoms with Crippen LogP contribution >= 0.6 is 12.2 Å². The number of carbonyl (C=O) groups excluding carboxylic acids is 3. The summed E-state index contributed by atoms with van der Waals surface area (Å²) in [7, 11) is 0. The predicted octanol–water partition coefficient (Wildman–Crippen LogP) is 1.45. The molecule has 0 radical (unpaired) electrons. The third-order valence-corrected chi connectivity index (χ3v) is 3.72. The summed E-state index contributed by atoms with van der Waals surface area (Å²) in [5.74, 6) is 3.93. The molecule has 2 aromatic carbocycles. The van der Waals surface area contributed by atoms with Gasteiger partial charge in [-0.3, -0.25) is 10.2 Å². The second-order valence-corrected chi connectivity index (χ2v) is 5.85. The molecule has 9 heteroatoms. The van der Waals surface area contributed by atoms with Crippen LogP contribution in [0.3, 0.4) is 0 Å². The van der Waals surface area contributed by atoms with Crippen LogP contribution in [0.5, 0.6) is 5.75 Å². The number of carbonyl (C=O) groups is 3. The van der Waals surface area contributed by atoms with Crippen molar-refractivity contribution < 1.29 is 23.9 Å². The molecule has 1 unspecified atom stereocenters. The Balaban J connectivity index is 2.12. The molecular formula is C18H17N3O5S. The largest absolute Gasteiger partial charge is 0.479 e. The van der Waals surface area contributed by atoms with Crippen molar-refractivity contribution in [1.29, 1.82) is 0 Å². The van der Waals surface area contributed by atoms with Crippen LogP contribution in [0.2, 0.25) is 0 Å². The van der Waals surface area contributed by atoms with Crippen molar-refractivity contribution >= 4 is 35.1 Å². The van der Waals surface area contributed by atoms with Gasteiger partial charge < -0.3 is 15.2 Å². The van der Waals surface area contributed by atoms with Gasteiger partial charge in [-0.05, 0) is 19.1 Å². The van der Waals surface area contributed by atoms with Crippen LogP contribution in [0.25, 0.3) is 0 Å². The van der Waals surface area contributed by atoms with E-state index < -0.39 is 18.2 Å². The minimum atomic E-state index is -1.10. The number of hydrogen-bond donors (Lipinski definition) is 3. The number of ether oxygens (including phenoxy) is 2. The quantitative estimate of drug-likeness (QED) is 0.129. The monoisotopic (exact) mass is 387 g/mol. The molecule has 0 heterocycles. The van der Waals surface area contributed by atoms with E-state index in [2.05, 4.69) is 4.74 Å². The average molecular weight is 387 g/mol. The molecule has 0 aromatic heterocycles. The maximum absolute atomic E-state index is 12.6. The molecule has 140 valence electrons.